The third-order valence-corrected chi connectivity index (χ3v) is 12.0. The third kappa shape index (κ3) is 20.8. The fourth-order valence-electron chi connectivity index (χ4n) is 7.68. The fourth-order valence-corrected chi connectivity index (χ4v) is 7.68. The molecule has 0 unspecified atom stereocenters. The molecule has 6 rings (SSSR count). The number of carboxylic acid groups (broad SMARTS) is 2. The fraction of sp³-hybridized carbons (Fsp3) is 0.481. The van der Waals surface area contributed by atoms with E-state index < -0.39 is 24.1 Å². The maximum Gasteiger partial charge on any atom is 0.335 e. The number of amides is 4. The van der Waals surface area contributed by atoms with E-state index in [1.54, 1.807) is 24.3 Å². The van der Waals surface area contributed by atoms with Crippen molar-refractivity contribution in [3.63, 3.8) is 0 Å². The zero-order valence-corrected chi connectivity index (χ0v) is 42.4. The van der Waals surface area contributed by atoms with Gasteiger partial charge >= 0.3 is 24.0 Å². The van der Waals surface area contributed by atoms with Gasteiger partial charge in [0, 0.05) is 38.3 Å². The van der Waals surface area contributed by atoms with Crippen molar-refractivity contribution >= 4 is 24.0 Å². The number of aliphatic hydroxyl groups excluding tert-OH is 2. The van der Waals surface area contributed by atoms with Gasteiger partial charge in [-0.2, -0.15) is 0 Å². The highest BCUT2D eigenvalue weighted by atomic mass is 19.1. The number of urea groups is 2. The summed E-state index contributed by atoms with van der Waals surface area (Å²) in [5, 5.41) is 38.7. The van der Waals surface area contributed by atoms with Crippen LogP contribution in [0.3, 0.4) is 0 Å². The first kappa shape index (κ1) is 58.2. The van der Waals surface area contributed by atoms with Crippen molar-refractivity contribution in [3.8, 4) is 11.5 Å². The second kappa shape index (κ2) is 29.9. The van der Waals surface area contributed by atoms with E-state index in [9.17, 15) is 28.0 Å². The molecule has 2 heterocycles. The number of nitrogens with zero attached hydrogens (tertiary/aromatic N) is 4. The molecule has 18 heteroatoms. The van der Waals surface area contributed by atoms with Crippen molar-refractivity contribution in [2.45, 2.75) is 104 Å². The second-order valence-corrected chi connectivity index (χ2v) is 19.2. The number of nitrogens with one attached hydrogen (secondary N) is 2. The van der Waals surface area contributed by atoms with Gasteiger partial charge in [-0.05, 0) is 149 Å². The predicted octanol–water partition coefficient (Wildman–Crippen LogP) is 7.21. The number of hydrogen-bond acceptors (Lipinski definition) is 10. The van der Waals surface area contributed by atoms with E-state index in [1.165, 1.54) is 24.3 Å². The molecule has 0 bridgehead atoms. The van der Waals surface area contributed by atoms with Crippen LogP contribution in [0.1, 0.15) is 75.6 Å². The number of carbonyl (C=O) groups excluding carboxylic acids is 2. The van der Waals surface area contributed by atoms with Crippen LogP contribution in [0.25, 0.3) is 0 Å². The predicted molar refractivity (Wildman–Crippen MR) is 270 cm³/mol. The zero-order chi connectivity index (χ0) is 52.7. The average molecular weight is 1010 g/mol. The van der Waals surface area contributed by atoms with Crippen LogP contribution in [0.4, 0.5) is 18.4 Å². The van der Waals surface area contributed by atoms with Crippen LogP contribution in [-0.4, -0.2) is 142 Å². The zero-order valence-electron chi connectivity index (χ0n) is 42.4. The summed E-state index contributed by atoms with van der Waals surface area (Å²) in [7, 11) is 4.21. The van der Waals surface area contributed by atoms with Gasteiger partial charge in [0.05, 0.1) is 13.2 Å². The van der Waals surface area contributed by atoms with Gasteiger partial charge in [0.1, 0.15) is 23.1 Å². The molecule has 2 aliphatic rings. The van der Waals surface area contributed by atoms with Crippen LogP contribution >= 0.6 is 0 Å². The number of ether oxygens (including phenoxy) is 2. The standard InChI is InChI=1S/2C25H34FN3O2.C4H6O6/c2*1-19(2)18-31-24-10-6-20(7-11-24)16-27-25(30)29(23-12-14-28(3)15-13-23)17-21-4-8-22(26)9-5-21;5-1(3(7)8)2(6)4(9)10/h2*4-11,19,23H,12-18H2,1-3H3,(H,27,30);1-2,5-6H,(H,7,8)(H,9,10)/t;;1-,2-/m..1/s1. The minimum absolute atomic E-state index is 0.0842. The van der Waals surface area contributed by atoms with Gasteiger partial charge in [-0.15, -0.1) is 0 Å². The molecule has 0 aliphatic carbocycles. The summed E-state index contributed by atoms with van der Waals surface area (Å²) in [5.74, 6) is -1.43. The van der Waals surface area contributed by atoms with E-state index >= 15 is 0 Å². The second-order valence-electron chi connectivity index (χ2n) is 19.2. The molecular weight excluding hydrogens is 931 g/mol. The number of benzene rings is 4. The molecule has 4 aromatic carbocycles. The number of likely N-dealkylation sites (tertiary alicyclic amines) is 2. The van der Waals surface area contributed by atoms with E-state index in [0.29, 0.717) is 51.2 Å². The molecule has 2 atom stereocenters. The highest BCUT2D eigenvalue weighted by Gasteiger charge is 2.30. The van der Waals surface area contributed by atoms with Gasteiger partial charge in [0.15, 0.2) is 12.2 Å². The molecule has 394 valence electrons. The largest absolute Gasteiger partial charge is 0.493 e. The molecule has 0 radical (unpaired) electrons. The van der Waals surface area contributed by atoms with E-state index in [-0.39, 0.29) is 35.8 Å². The number of piperidine rings is 2. The minimum Gasteiger partial charge on any atom is -0.493 e. The molecular formula is C54H74F2N6O10. The number of carbonyl (C=O) groups is 4. The van der Waals surface area contributed by atoms with Gasteiger partial charge in [0.25, 0.3) is 0 Å². The van der Waals surface area contributed by atoms with Gasteiger partial charge in [0.2, 0.25) is 0 Å². The van der Waals surface area contributed by atoms with Crippen LogP contribution in [0.2, 0.25) is 0 Å². The lowest BCUT2D eigenvalue weighted by molar-refractivity contribution is -0.165. The number of aliphatic carboxylic acids is 2. The molecule has 2 fully saturated rings. The van der Waals surface area contributed by atoms with Gasteiger partial charge in [-0.3, -0.25) is 0 Å². The Morgan fingerprint density at radius 3 is 1.11 bits per heavy atom. The van der Waals surface area contributed by atoms with E-state index in [1.807, 2.05) is 58.3 Å². The monoisotopic (exact) mass is 1000 g/mol. The van der Waals surface area contributed by atoms with Crippen LogP contribution in [0.5, 0.6) is 11.5 Å². The first-order valence-corrected chi connectivity index (χ1v) is 24.5. The van der Waals surface area contributed by atoms with Crippen molar-refractivity contribution in [3.05, 3.63) is 131 Å². The van der Waals surface area contributed by atoms with E-state index in [2.05, 4.69) is 62.2 Å². The number of rotatable bonds is 19. The molecule has 72 heavy (non-hydrogen) atoms. The minimum atomic E-state index is -2.27. The summed E-state index contributed by atoms with van der Waals surface area (Å²) in [4.78, 5) is 54.2. The highest BCUT2D eigenvalue weighted by Crippen LogP contribution is 2.22. The van der Waals surface area contributed by atoms with Crippen LogP contribution < -0.4 is 20.1 Å². The number of carboxylic acids is 2. The Hall–Kier alpha value is -6.34. The van der Waals surface area contributed by atoms with E-state index in [4.69, 9.17) is 29.9 Å². The maximum atomic E-state index is 13.3. The van der Waals surface area contributed by atoms with Crippen LogP contribution in [-0.2, 0) is 35.8 Å². The van der Waals surface area contributed by atoms with Crippen molar-refractivity contribution < 1.29 is 57.9 Å². The summed E-state index contributed by atoms with van der Waals surface area (Å²) in [6.45, 7) is 15.6. The molecule has 4 aromatic rings. The Morgan fingerprint density at radius 1 is 0.542 bits per heavy atom. The lowest BCUT2D eigenvalue weighted by Gasteiger charge is -2.37. The Bertz CT molecular complexity index is 2080. The molecule has 16 nitrogen and oxygen atoms in total. The Balaban J connectivity index is 0.000000263. The third-order valence-electron chi connectivity index (χ3n) is 12.0. The van der Waals surface area contributed by atoms with Crippen LogP contribution in [0.15, 0.2) is 97.1 Å². The topological polar surface area (TPSA) is 205 Å². The van der Waals surface area contributed by atoms with Crippen molar-refractivity contribution in [1.29, 1.82) is 0 Å². The molecule has 2 aliphatic heterocycles. The lowest BCUT2D eigenvalue weighted by Crippen LogP contribution is -2.49. The Morgan fingerprint density at radius 2 is 0.833 bits per heavy atom. The van der Waals surface area contributed by atoms with Crippen molar-refractivity contribution in [1.82, 2.24) is 30.2 Å². The summed E-state index contributed by atoms with van der Waals surface area (Å²) in [5.41, 5.74) is 3.91. The van der Waals surface area contributed by atoms with Gasteiger partial charge in [-0.1, -0.05) is 76.2 Å². The first-order valence-electron chi connectivity index (χ1n) is 24.5. The molecule has 0 spiro atoms. The number of aliphatic hydroxyl groups is 2. The summed E-state index contributed by atoms with van der Waals surface area (Å²) >= 11 is 0. The van der Waals surface area contributed by atoms with E-state index in [0.717, 1.165) is 85.6 Å². The molecule has 2 saturated heterocycles. The lowest BCUT2D eigenvalue weighted by atomic mass is 10.0. The number of hydrogen-bond donors (Lipinski definition) is 6. The maximum absolute atomic E-state index is 13.3. The summed E-state index contributed by atoms with van der Waals surface area (Å²) in [6.07, 6.45) is -0.782. The van der Waals surface area contributed by atoms with Crippen molar-refractivity contribution in [2.24, 2.45) is 11.8 Å². The summed E-state index contributed by atoms with van der Waals surface area (Å²) in [6, 6.07) is 28.7. The molecule has 4 amide bonds. The van der Waals surface area contributed by atoms with Crippen LogP contribution in [0, 0.1) is 23.5 Å². The molecule has 6 N–H and O–H groups in total. The highest BCUT2D eigenvalue weighted by molar-refractivity contribution is 5.83. The quantitative estimate of drug-likeness (QED) is 0.0552. The van der Waals surface area contributed by atoms with Crippen molar-refractivity contribution in [2.75, 3.05) is 53.5 Å². The molecule has 0 aromatic heterocycles. The summed E-state index contributed by atoms with van der Waals surface area (Å²) < 4.78 is 38.0. The Labute approximate surface area is 422 Å². The Kier molecular flexibility index (Phi) is 24.2. The average Bonchev–Trinajstić information content (AvgIpc) is 3.36. The smallest absolute Gasteiger partial charge is 0.335 e. The van der Waals surface area contributed by atoms with Gasteiger partial charge in [-0.25, -0.2) is 28.0 Å². The first-order chi connectivity index (χ1) is 34.3. The van der Waals surface area contributed by atoms with Gasteiger partial charge < -0.3 is 60.1 Å². The number of halogens is 2. The SMILES string of the molecule is CC(C)COc1ccc(CNC(=O)N(Cc2ccc(F)cc2)C2CCN(C)CC2)cc1.CC(C)COc1ccc(CNC(=O)N(Cc2ccc(F)cc2)C2CCN(C)CC2)cc1.O=C(O)[C@H](O)[C@@H](O)C(=O)O. The normalized spacial score (nSPS) is 15.2. The molecule has 0 saturated carbocycles.